The van der Waals surface area contributed by atoms with Gasteiger partial charge in [-0.1, -0.05) is 23.4 Å². The van der Waals surface area contributed by atoms with Crippen LogP contribution in [0.4, 0.5) is 0 Å². The molecular weight excluding hydrogens is 260 g/mol. The molecule has 0 N–H and O–H groups in total. The summed E-state index contributed by atoms with van der Waals surface area (Å²) in [6.07, 6.45) is 0. The van der Waals surface area contributed by atoms with Gasteiger partial charge in [0.15, 0.2) is 11.5 Å². The van der Waals surface area contributed by atoms with Crippen LogP contribution < -0.4 is 0 Å². The highest BCUT2D eigenvalue weighted by molar-refractivity contribution is 6.02. The van der Waals surface area contributed by atoms with Crippen molar-refractivity contribution in [1.82, 2.24) is 19.9 Å². The largest absolute Gasteiger partial charge is 0.464 e. The first-order valence-corrected chi connectivity index (χ1v) is 6.02. The van der Waals surface area contributed by atoms with Crippen LogP contribution in [-0.2, 0) is 11.3 Å². The second-order valence-corrected chi connectivity index (χ2v) is 4.24. The predicted molar refractivity (Wildman–Crippen MR) is 69.2 cm³/mol. The summed E-state index contributed by atoms with van der Waals surface area (Å²) in [5, 5.41) is 8.85. The van der Waals surface area contributed by atoms with Gasteiger partial charge in [-0.25, -0.2) is 4.79 Å². The molecule has 0 aliphatic heterocycles. The van der Waals surface area contributed by atoms with Crippen molar-refractivity contribution in [2.75, 3.05) is 7.11 Å². The number of benzene rings is 1. The Kier molecular flexibility index (Phi) is 2.94. The number of aromatic nitrogens is 4. The molecule has 20 heavy (non-hydrogen) atoms. The summed E-state index contributed by atoms with van der Waals surface area (Å²) in [5.74, 6) is 0.529. The number of fused-ring (bicyclic) bond motifs is 1. The van der Waals surface area contributed by atoms with E-state index in [1.165, 1.54) is 7.11 Å². The van der Waals surface area contributed by atoms with Crippen LogP contribution in [0.1, 0.15) is 22.2 Å². The zero-order valence-corrected chi connectivity index (χ0v) is 11.0. The molecule has 0 atom stereocenters. The maximum Gasteiger partial charge on any atom is 0.359 e. The molecule has 2 aromatic heterocycles. The van der Waals surface area contributed by atoms with Crippen molar-refractivity contribution in [3.8, 4) is 0 Å². The molecule has 0 aliphatic rings. The van der Waals surface area contributed by atoms with Gasteiger partial charge < -0.3 is 9.26 Å². The van der Waals surface area contributed by atoms with Crippen molar-refractivity contribution in [3.63, 3.8) is 0 Å². The van der Waals surface area contributed by atoms with Gasteiger partial charge in [-0.2, -0.15) is 10.1 Å². The third kappa shape index (κ3) is 2.03. The van der Waals surface area contributed by atoms with E-state index in [2.05, 4.69) is 15.2 Å². The molecule has 0 saturated carbocycles. The summed E-state index contributed by atoms with van der Waals surface area (Å²) in [4.78, 5) is 15.9. The van der Waals surface area contributed by atoms with Crippen molar-refractivity contribution in [3.05, 3.63) is 41.7 Å². The quantitative estimate of drug-likeness (QED) is 0.673. The Bertz CT molecular complexity index is 775. The average Bonchev–Trinajstić information content (AvgIpc) is 3.03. The van der Waals surface area contributed by atoms with E-state index in [4.69, 9.17) is 9.26 Å². The van der Waals surface area contributed by atoms with Crippen molar-refractivity contribution >= 4 is 16.9 Å². The van der Waals surface area contributed by atoms with Crippen molar-refractivity contribution in [2.24, 2.45) is 0 Å². The molecule has 3 aromatic rings. The third-order valence-electron chi connectivity index (χ3n) is 2.90. The van der Waals surface area contributed by atoms with E-state index in [1.54, 1.807) is 11.6 Å². The number of para-hydroxylation sites is 1. The second-order valence-electron chi connectivity index (χ2n) is 4.24. The Labute approximate surface area is 114 Å². The lowest BCUT2D eigenvalue weighted by Gasteiger charge is -1.98. The molecule has 0 fully saturated rings. The van der Waals surface area contributed by atoms with Crippen LogP contribution >= 0.6 is 0 Å². The van der Waals surface area contributed by atoms with E-state index in [0.717, 1.165) is 10.9 Å². The van der Waals surface area contributed by atoms with E-state index < -0.39 is 5.97 Å². The van der Waals surface area contributed by atoms with Gasteiger partial charge in [-0.05, 0) is 6.07 Å². The van der Waals surface area contributed by atoms with E-state index in [9.17, 15) is 4.79 Å². The minimum atomic E-state index is -0.468. The molecule has 3 rings (SSSR count). The maximum absolute atomic E-state index is 11.7. The molecule has 0 bridgehead atoms. The number of carbonyl (C=O) groups excluding carboxylic acids is 1. The smallest absolute Gasteiger partial charge is 0.359 e. The normalized spacial score (nSPS) is 10.9. The first-order valence-electron chi connectivity index (χ1n) is 6.02. The molecule has 2 heterocycles. The third-order valence-corrected chi connectivity index (χ3v) is 2.90. The molecule has 7 heteroatoms. The fourth-order valence-corrected chi connectivity index (χ4v) is 2.03. The van der Waals surface area contributed by atoms with Gasteiger partial charge >= 0.3 is 5.97 Å². The van der Waals surface area contributed by atoms with Gasteiger partial charge in [0, 0.05) is 12.3 Å². The molecule has 0 amide bonds. The van der Waals surface area contributed by atoms with Gasteiger partial charge in [0.2, 0.25) is 5.89 Å². The number of carbonyl (C=O) groups is 1. The van der Waals surface area contributed by atoms with Crippen LogP contribution in [0.25, 0.3) is 10.9 Å². The lowest BCUT2D eigenvalue weighted by atomic mass is 10.2. The predicted octanol–water partition coefficient (Wildman–Crippen LogP) is 1.56. The lowest BCUT2D eigenvalue weighted by Crippen LogP contribution is -2.07. The Morgan fingerprint density at radius 2 is 2.20 bits per heavy atom. The molecule has 0 saturated heterocycles. The first-order chi connectivity index (χ1) is 9.69. The van der Waals surface area contributed by atoms with Gasteiger partial charge in [0.05, 0.1) is 12.6 Å². The summed E-state index contributed by atoms with van der Waals surface area (Å²) in [6.45, 7) is 2.05. The van der Waals surface area contributed by atoms with Gasteiger partial charge in [0.25, 0.3) is 0 Å². The molecule has 1 aromatic carbocycles. The lowest BCUT2D eigenvalue weighted by molar-refractivity contribution is 0.0595. The van der Waals surface area contributed by atoms with Crippen LogP contribution in [0.2, 0.25) is 0 Å². The van der Waals surface area contributed by atoms with Crippen LogP contribution in [-0.4, -0.2) is 33.0 Å². The van der Waals surface area contributed by atoms with E-state index in [1.807, 2.05) is 24.3 Å². The zero-order chi connectivity index (χ0) is 14.1. The van der Waals surface area contributed by atoms with Crippen LogP contribution in [0.15, 0.2) is 28.8 Å². The minimum Gasteiger partial charge on any atom is -0.464 e. The number of nitrogens with zero attached hydrogens (tertiary/aromatic N) is 4. The Morgan fingerprint density at radius 3 is 2.90 bits per heavy atom. The standard InChI is InChI=1S/C13H12N4O3/c1-8-14-11(16-20-8)7-17-10-6-4-3-5-9(10)12(15-17)13(18)19-2/h3-6H,7H2,1-2H3. The maximum atomic E-state index is 11.7. The minimum absolute atomic E-state index is 0.281. The fourth-order valence-electron chi connectivity index (χ4n) is 2.03. The van der Waals surface area contributed by atoms with E-state index in [0.29, 0.717) is 18.3 Å². The monoisotopic (exact) mass is 272 g/mol. The highest BCUT2D eigenvalue weighted by atomic mass is 16.5. The molecular formula is C13H12N4O3. The van der Waals surface area contributed by atoms with Crippen LogP contribution in [0.5, 0.6) is 0 Å². The number of aryl methyl sites for hydroxylation is 1. The van der Waals surface area contributed by atoms with Gasteiger partial charge in [0.1, 0.15) is 6.54 Å². The van der Waals surface area contributed by atoms with E-state index >= 15 is 0 Å². The summed E-state index contributed by atoms with van der Waals surface area (Å²) >= 11 is 0. The highest BCUT2D eigenvalue weighted by Gasteiger charge is 2.18. The first kappa shape index (κ1) is 12.3. The molecule has 102 valence electrons. The number of hydrogen-bond donors (Lipinski definition) is 0. The van der Waals surface area contributed by atoms with Crippen LogP contribution in [0.3, 0.4) is 0 Å². The average molecular weight is 272 g/mol. The van der Waals surface area contributed by atoms with Crippen molar-refractivity contribution < 1.29 is 14.1 Å². The van der Waals surface area contributed by atoms with Crippen molar-refractivity contribution in [2.45, 2.75) is 13.5 Å². The van der Waals surface area contributed by atoms with Gasteiger partial charge in [-0.15, -0.1) is 0 Å². The SMILES string of the molecule is COC(=O)c1nn(Cc2noc(C)n2)c2ccccc12. The Morgan fingerprint density at radius 1 is 1.40 bits per heavy atom. The fraction of sp³-hybridized carbons (Fsp3) is 0.231. The van der Waals surface area contributed by atoms with Gasteiger partial charge in [-0.3, -0.25) is 4.68 Å². The number of ether oxygens (including phenoxy) is 1. The topological polar surface area (TPSA) is 83.0 Å². The molecule has 0 spiro atoms. The number of hydrogen-bond acceptors (Lipinski definition) is 6. The summed E-state index contributed by atoms with van der Waals surface area (Å²) in [5.41, 5.74) is 1.10. The zero-order valence-electron chi connectivity index (χ0n) is 11.0. The molecule has 7 nitrogen and oxygen atoms in total. The second kappa shape index (κ2) is 4.76. The summed E-state index contributed by atoms with van der Waals surface area (Å²) in [7, 11) is 1.33. The molecule has 0 aliphatic carbocycles. The summed E-state index contributed by atoms with van der Waals surface area (Å²) in [6, 6.07) is 7.43. The molecule has 0 radical (unpaired) electrons. The van der Waals surface area contributed by atoms with E-state index in [-0.39, 0.29) is 5.69 Å². The Balaban J connectivity index is 2.09. The molecule has 0 unspecified atom stereocenters. The highest BCUT2D eigenvalue weighted by Crippen LogP contribution is 2.19. The summed E-state index contributed by atoms with van der Waals surface area (Å²) < 4.78 is 11.3. The Hall–Kier alpha value is -2.70. The number of methoxy groups -OCH3 is 1. The number of esters is 1. The van der Waals surface area contributed by atoms with Crippen LogP contribution in [0, 0.1) is 6.92 Å². The number of rotatable bonds is 3. The van der Waals surface area contributed by atoms with Crippen molar-refractivity contribution in [1.29, 1.82) is 0 Å².